The molecule has 1 aromatic heterocycles. The third-order valence-corrected chi connectivity index (χ3v) is 2.96. The van der Waals surface area contributed by atoms with Gasteiger partial charge in [0.25, 0.3) is 0 Å². The van der Waals surface area contributed by atoms with Crippen LogP contribution < -0.4 is 19.9 Å². The third kappa shape index (κ3) is 2.55. The minimum atomic E-state index is -0.220. The molecule has 2 N–H and O–H groups in total. The molecule has 6 heteroatoms. The smallest absolute Gasteiger partial charge is 0.164 e. The van der Waals surface area contributed by atoms with Crippen molar-refractivity contribution in [3.63, 3.8) is 0 Å². The lowest BCUT2D eigenvalue weighted by Crippen LogP contribution is -2.02. The molecule has 1 aromatic carbocycles. The number of hydrogen-bond donors (Lipinski definition) is 1. The number of benzene rings is 1. The number of rotatable bonds is 5. The van der Waals surface area contributed by atoms with Crippen molar-refractivity contribution >= 4 is 0 Å². The summed E-state index contributed by atoms with van der Waals surface area (Å²) in [6.45, 7) is 1.83. The Bertz CT molecular complexity index is 593. The van der Waals surface area contributed by atoms with Gasteiger partial charge in [0.05, 0.1) is 27.4 Å². The molecule has 0 aliphatic rings. The zero-order valence-corrected chi connectivity index (χ0v) is 12.0. The summed E-state index contributed by atoms with van der Waals surface area (Å²) in [6, 6.07) is 5.10. The Hall–Kier alpha value is -2.21. The van der Waals surface area contributed by atoms with Gasteiger partial charge in [-0.1, -0.05) is 5.16 Å². The molecule has 0 spiro atoms. The van der Waals surface area contributed by atoms with Gasteiger partial charge in [-0.3, -0.25) is 0 Å². The van der Waals surface area contributed by atoms with Crippen LogP contribution in [0.1, 0.15) is 18.7 Å². The molecule has 20 heavy (non-hydrogen) atoms. The molecule has 0 aliphatic carbocycles. The molecule has 0 aliphatic heterocycles. The van der Waals surface area contributed by atoms with Crippen molar-refractivity contribution in [3.8, 4) is 28.5 Å². The van der Waals surface area contributed by atoms with Crippen LogP contribution in [0.15, 0.2) is 22.7 Å². The molecule has 2 rings (SSSR count). The number of nitrogens with two attached hydrogens (primary N) is 1. The third-order valence-electron chi connectivity index (χ3n) is 2.96. The average molecular weight is 278 g/mol. The van der Waals surface area contributed by atoms with Gasteiger partial charge in [-0.2, -0.15) is 0 Å². The predicted octanol–water partition coefficient (Wildman–Crippen LogP) is 2.39. The SMILES string of the molecule is COc1cc(OC)c(-c2cc(C(C)N)on2)cc1OC. The van der Waals surface area contributed by atoms with Crippen LogP contribution in [0, 0.1) is 0 Å². The van der Waals surface area contributed by atoms with Crippen LogP contribution in [-0.4, -0.2) is 26.5 Å². The molecular formula is C14H18N2O4. The number of hydrogen-bond acceptors (Lipinski definition) is 6. The van der Waals surface area contributed by atoms with Gasteiger partial charge in [-0.05, 0) is 13.0 Å². The molecule has 0 bridgehead atoms. The number of ether oxygens (including phenoxy) is 3. The number of aromatic nitrogens is 1. The van der Waals surface area contributed by atoms with Crippen molar-refractivity contribution in [2.75, 3.05) is 21.3 Å². The minimum Gasteiger partial charge on any atom is -0.496 e. The molecule has 0 amide bonds. The van der Waals surface area contributed by atoms with Gasteiger partial charge < -0.3 is 24.5 Å². The first-order chi connectivity index (χ1) is 9.60. The quantitative estimate of drug-likeness (QED) is 0.904. The van der Waals surface area contributed by atoms with Crippen molar-refractivity contribution in [2.24, 2.45) is 5.73 Å². The van der Waals surface area contributed by atoms with Gasteiger partial charge in [0.2, 0.25) is 0 Å². The van der Waals surface area contributed by atoms with Crippen molar-refractivity contribution in [1.82, 2.24) is 5.16 Å². The highest BCUT2D eigenvalue weighted by molar-refractivity contribution is 5.71. The lowest BCUT2D eigenvalue weighted by atomic mass is 10.1. The van der Waals surface area contributed by atoms with Gasteiger partial charge in [0, 0.05) is 17.7 Å². The van der Waals surface area contributed by atoms with E-state index in [1.165, 1.54) is 0 Å². The van der Waals surface area contributed by atoms with Crippen LogP contribution in [0.4, 0.5) is 0 Å². The van der Waals surface area contributed by atoms with Gasteiger partial charge in [-0.25, -0.2) is 0 Å². The van der Waals surface area contributed by atoms with Gasteiger partial charge in [0.1, 0.15) is 11.4 Å². The number of methoxy groups -OCH3 is 3. The van der Waals surface area contributed by atoms with E-state index in [2.05, 4.69) is 5.16 Å². The van der Waals surface area contributed by atoms with Crippen molar-refractivity contribution in [3.05, 3.63) is 24.0 Å². The zero-order chi connectivity index (χ0) is 14.7. The average Bonchev–Trinajstić information content (AvgIpc) is 2.95. The maximum absolute atomic E-state index is 5.77. The van der Waals surface area contributed by atoms with E-state index in [1.54, 1.807) is 39.5 Å². The maximum Gasteiger partial charge on any atom is 0.164 e. The largest absolute Gasteiger partial charge is 0.496 e. The van der Waals surface area contributed by atoms with E-state index in [0.717, 1.165) is 5.56 Å². The number of nitrogens with zero attached hydrogens (tertiary/aromatic N) is 1. The Morgan fingerprint density at radius 2 is 1.60 bits per heavy atom. The highest BCUT2D eigenvalue weighted by Gasteiger charge is 2.17. The van der Waals surface area contributed by atoms with Crippen LogP contribution in [0.25, 0.3) is 11.3 Å². The van der Waals surface area contributed by atoms with Gasteiger partial charge >= 0.3 is 0 Å². The van der Waals surface area contributed by atoms with Crippen molar-refractivity contribution < 1.29 is 18.7 Å². The monoisotopic (exact) mass is 278 g/mol. The van der Waals surface area contributed by atoms with Crippen molar-refractivity contribution in [1.29, 1.82) is 0 Å². The Morgan fingerprint density at radius 3 is 2.10 bits per heavy atom. The van der Waals surface area contributed by atoms with Crippen LogP contribution >= 0.6 is 0 Å². The molecule has 1 heterocycles. The standard InChI is InChI=1S/C14H18N2O4/c1-8(15)11-6-10(16-20-11)9-5-13(18-3)14(19-4)7-12(9)17-2/h5-8H,15H2,1-4H3. The topological polar surface area (TPSA) is 79.7 Å². The lowest BCUT2D eigenvalue weighted by molar-refractivity contribution is 0.349. The van der Waals surface area contributed by atoms with Crippen LogP contribution in [0.2, 0.25) is 0 Å². The molecule has 1 atom stereocenters. The second-order valence-corrected chi connectivity index (χ2v) is 4.31. The molecule has 0 fully saturated rings. The molecule has 0 radical (unpaired) electrons. The Labute approximate surface area is 117 Å². The zero-order valence-electron chi connectivity index (χ0n) is 12.0. The molecule has 6 nitrogen and oxygen atoms in total. The van der Waals surface area contributed by atoms with Crippen LogP contribution in [-0.2, 0) is 0 Å². The summed E-state index contributed by atoms with van der Waals surface area (Å²) >= 11 is 0. The maximum atomic E-state index is 5.77. The summed E-state index contributed by atoms with van der Waals surface area (Å²) < 4.78 is 21.1. The van der Waals surface area contributed by atoms with E-state index in [9.17, 15) is 0 Å². The fraction of sp³-hybridized carbons (Fsp3) is 0.357. The highest BCUT2D eigenvalue weighted by Crippen LogP contribution is 2.39. The van der Waals surface area contributed by atoms with Crippen LogP contribution in [0.3, 0.4) is 0 Å². The van der Waals surface area contributed by atoms with Crippen LogP contribution in [0.5, 0.6) is 17.2 Å². The Kier molecular flexibility index (Phi) is 4.14. The summed E-state index contributed by atoms with van der Waals surface area (Å²) in [5.41, 5.74) is 7.15. The fourth-order valence-corrected chi connectivity index (χ4v) is 1.86. The van der Waals surface area contributed by atoms with Gasteiger partial charge in [-0.15, -0.1) is 0 Å². The van der Waals surface area contributed by atoms with Gasteiger partial charge in [0.15, 0.2) is 17.3 Å². The molecule has 2 aromatic rings. The summed E-state index contributed by atoms with van der Waals surface area (Å²) in [5.74, 6) is 2.40. The highest BCUT2D eigenvalue weighted by atomic mass is 16.5. The summed E-state index contributed by atoms with van der Waals surface area (Å²) in [4.78, 5) is 0. The Balaban J connectivity index is 2.53. The van der Waals surface area contributed by atoms with E-state index in [1.807, 2.05) is 6.92 Å². The fourth-order valence-electron chi connectivity index (χ4n) is 1.86. The first kappa shape index (κ1) is 14.2. The molecular weight excluding hydrogens is 260 g/mol. The predicted molar refractivity (Wildman–Crippen MR) is 74.2 cm³/mol. The molecule has 108 valence electrons. The lowest BCUT2D eigenvalue weighted by Gasteiger charge is -2.12. The second-order valence-electron chi connectivity index (χ2n) is 4.31. The molecule has 1 unspecified atom stereocenters. The summed E-state index contributed by atoms with van der Waals surface area (Å²) in [7, 11) is 4.73. The summed E-state index contributed by atoms with van der Waals surface area (Å²) in [5, 5.41) is 4.02. The van der Waals surface area contributed by atoms with E-state index in [-0.39, 0.29) is 6.04 Å². The Morgan fingerprint density at radius 1 is 1.00 bits per heavy atom. The minimum absolute atomic E-state index is 0.220. The van der Waals surface area contributed by atoms with E-state index >= 15 is 0 Å². The first-order valence-electron chi connectivity index (χ1n) is 6.13. The van der Waals surface area contributed by atoms with E-state index in [4.69, 9.17) is 24.5 Å². The normalized spacial score (nSPS) is 12.1. The van der Waals surface area contributed by atoms with Crippen molar-refractivity contribution in [2.45, 2.75) is 13.0 Å². The van der Waals surface area contributed by atoms with E-state index in [0.29, 0.717) is 28.7 Å². The molecule has 0 saturated heterocycles. The van der Waals surface area contributed by atoms with E-state index < -0.39 is 0 Å². The first-order valence-corrected chi connectivity index (χ1v) is 6.13. The molecule has 0 saturated carbocycles. The summed E-state index contributed by atoms with van der Waals surface area (Å²) in [6.07, 6.45) is 0. The second kappa shape index (κ2) is 5.83.